The fraction of sp³-hybridized carbons (Fsp3) is 0.211. The van der Waals surface area contributed by atoms with Crippen molar-refractivity contribution in [3.05, 3.63) is 59.2 Å². The maximum Gasteiger partial charge on any atom is 0.264 e. The maximum absolute atomic E-state index is 12.4. The van der Waals surface area contributed by atoms with E-state index in [0.29, 0.717) is 35.8 Å². The third-order valence-electron chi connectivity index (χ3n) is 3.85. The first-order valence-electron chi connectivity index (χ1n) is 8.07. The Hall–Kier alpha value is -2.80. The van der Waals surface area contributed by atoms with Crippen molar-refractivity contribution in [3.63, 3.8) is 0 Å². The molecule has 0 aromatic heterocycles. The fourth-order valence-corrected chi connectivity index (χ4v) is 3.83. The van der Waals surface area contributed by atoms with Gasteiger partial charge in [-0.2, -0.15) is 0 Å². The zero-order valence-electron chi connectivity index (χ0n) is 14.5. The lowest BCUT2D eigenvalue weighted by Crippen LogP contribution is -2.29. The number of hydrogen-bond donors (Lipinski definition) is 1. The van der Waals surface area contributed by atoms with Crippen LogP contribution >= 0.6 is 0 Å². The van der Waals surface area contributed by atoms with Crippen molar-refractivity contribution in [1.29, 1.82) is 0 Å². The van der Waals surface area contributed by atoms with Gasteiger partial charge in [-0.1, -0.05) is 23.8 Å². The molecule has 26 heavy (non-hydrogen) atoms. The molecule has 2 aromatic rings. The van der Waals surface area contributed by atoms with E-state index >= 15 is 0 Å². The number of carbonyl (C=O) groups excluding carboxylic acids is 1. The predicted octanol–water partition coefficient (Wildman–Crippen LogP) is 2.59. The molecule has 2 aromatic carbocycles. The molecule has 0 radical (unpaired) electrons. The molecular weight excluding hydrogens is 354 g/mol. The third-order valence-corrected chi connectivity index (χ3v) is 5.36. The van der Waals surface area contributed by atoms with Crippen LogP contribution in [0.5, 0.6) is 11.5 Å². The van der Waals surface area contributed by atoms with E-state index in [1.807, 2.05) is 6.92 Å². The molecule has 0 atom stereocenters. The van der Waals surface area contributed by atoms with Gasteiger partial charge in [0.05, 0.1) is 4.90 Å². The second-order valence-corrected chi connectivity index (χ2v) is 7.63. The minimum Gasteiger partial charge on any atom is -0.486 e. The van der Waals surface area contributed by atoms with Crippen molar-refractivity contribution < 1.29 is 22.7 Å². The fourth-order valence-electron chi connectivity index (χ4n) is 2.66. The molecule has 0 saturated carbocycles. The van der Waals surface area contributed by atoms with Gasteiger partial charge in [-0.05, 0) is 49.2 Å². The molecule has 1 N–H and O–H groups in total. The molecule has 6 nitrogen and oxygen atoms in total. The van der Waals surface area contributed by atoms with Gasteiger partial charge in [0.25, 0.3) is 15.9 Å². The van der Waals surface area contributed by atoms with E-state index in [0.717, 1.165) is 5.56 Å². The lowest BCUT2D eigenvalue weighted by molar-refractivity contribution is -0.114. The second-order valence-electron chi connectivity index (χ2n) is 5.98. The monoisotopic (exact) mass is 373 g/mol. The van der Waals surface area contributed by atoms with Crippen LogP contribution < -0.4 is 14.2 Å². The molecule has 0 bridgehead atoms. The van der Waals surface area contributed by atoms with E-state index in [-0.39, 0.29) is 4.90 Å². The molecule has 0 spiro atoms. The standard InChI is InChI=1S/C19H19NO5S/c1-13-3-7-18(14(2)11-13)26(22,23)20-19(21)8-5-15-4-6-16-17(12-15)25-10-9-24-16/h3-8,11-12H,9-10H2,1-2H3,(H,20,21). The Morgan fingerprint density at radius 2 is 1.77 bits per heavy atom. The highest BCUT2D eigenvalue weighted by molar-refractivity contribution is 7.90. The molecular formula is C19H19NO5S. The molecule has 0 aliphatic carbocycles. The third kappa shape index (κ3) is 4.05. The van der Waals surface area contributed by atoms with Crippen LogP contribution in [0, 0.1) is 13.8 Å². The summed E-state index contributed by atoms with van der Waals surface area (Å²) in [5, 5.41) is 0. The van der Waals surface area contributed by atoms with Gasteiger partial charge in [-0.3, -0.25) is 4.79 Å². The van der Waals surface area contributed by atoms with Gasteiger partial charge >= 0.3 is 0 Å². The Morgan fingerprint density at radius 1 is 1.04 bits per heavy atom. The van der Waals surface area contributed by atoms with Crippen molar-refractivity contribution in [2.75, 3.05) is 13.2 Å². The van der Waals surface area contributed by atoms with Crippen molar-refractivity contribution in [2.45, 2.75) is 18.7 Å². The van der Waals surface area contributed by atoms with Crippen molar-refractivity contribution >= 4 is 22.0 Å². The summed E-state index contributed by atoms with van der Waals surface area (Å²) in [7, 11) is -3.92. The molecule has 1 heterocycles. The van der Waals surface area contributed by atoms with E-state index in [1.54, 1.807) is 37.3 Å². The molecule has 0 fully saturated rings. The first-order chi connectivity index (χ1) is 12.3. The van der Waals surface area contributed by atoms with Crippen LogP contribution in [0.25, 0.3) is 6.08 Å². The SMILES string of the molecule is Cc1ccc(S(=O)(=O)NC(=O)C=Cc2ccc3c(c2)OCCO3)c(C)c1. The van der Waals surface area contributed by atoms with Crippen molar-refractivity contribution in [1.82, 2.24) is 4.72 Å². The van der Waals surface area contributed by atoms with Crippen LogP contribution in [0.4, 0.5) is 0 Å². The number of ether oxygens (including phenoxy) is 2. The number of sulfonamides is 1. The van der Waals surface area contributed by atoms with E-state index < -0.39 is 15.9 Å². The van der Waals surface area contributed by atoms with Gasteiger partial charge in [0.15, 0.2) is 11.5 Å². The summed E-state index contributed by atoms with van der Waals surface area (Å²) in [6.07, 6.45) is 2.69. The zero-order valence-corrected chi connectivity index (χ0v) is 15.3. The van der Waals surface area contributed by atoms with E-state index in [9.17, 15) is 13.2 Å². The molecule has 1 amide bonds. The summed E-state index contributed by atoms with van der Waals surface area (Å²) in [5.74, 6) is 0.525. The normalized spacial score (nSPS) is 13.6. The largest absolute Gasteiger partial charge is 0.486 e. The summed E-state index contributed by atoms with van der Waals surface area (Å²) in [4.78, 5) is 12.1. The minimum atomic E-state index is -3.92. The number of benzene rings is 2. The highest BCUT2D eigenvalue weighted by Gasteiger charge is 2.18. The Morgan fingerprint density at radius 3 is 2.50 bits per heavy atom. The van der Waals surface area contributed by atoms with Crippen LogP contribution in [0.1, 0.15) is 16.7 Å². The summed E-state index contributed by atoms with van der Waals surface area (Å²) >= 11 is 0. The average Bonchev–Trinajstić information content (AvgIpc) is 2.59. The predicted molar refractivity (Wildman–Crippen MR) is 97.7 cm³/mol. The van der Waals surface area contributed by atoms with E-state index in [1.165, 1.54) is 18.2 Å². The molecule has 1 aliphatic rings. The molecule has 0 unspecified atom stereocenters. The number of fused-ring (bicyclic) bond motifs is 1. The van der Waals surface area contributed by atoms with E-state index in [2.05, 4.69) is 4.72 Å². The molecule has 3 rings (SSSR count). The van der Waals surface area contributed by atoms with Crippen LogP contribution in [0.2, 0.25) is 0 Å². The second kappa shape index (κ2) is 7.21. The van der Waals surface area contributed by atoms with Gasteiger partial charge in [-0.15, -0.1) is 0 Å². The van der Waals surface area contributed by atoms with Crippen LogP contribution in [-0.2, 0) is 14.8 Å². The number of rotatable bonds is 4. The van der Waals surface area contributed by atoms with Gasteiger partial charge in [0.1, 0.15) is 13.2 Å². The van der Waals surface area contributed by atoms with Crippen LogP contribution in [0.3, 0.4) is 0 Å². The molecule has 136 valence electrons. The Balaban J connectivity index is 1.72. The van der Waals surface area contributed by atoms with E-state index in [4.69, 9.17) is 9.47 Å². The molecule has 0 saturated heterocycles. The Kier molecular flexibility index (Phi) is 4.99. The van der Waals surface area contributed by atoms with Gasteiger partial charge in [-0.25, -0.2) is 13.1 Å². The number of hydrogen-bond acceptors (Lipinski definition) is 5. The smallest absolute Gasteiger partial charge is 0.264 e. The Bertz CT molecular complexity index is 979. The maximum atomic E-state index is 12.4. The summed E-state index contributed by atoms with van der Waals surface area (Å²) in [6.45, 7) is 4.53. The van der Waals surface area contributed by atoms with Gasteiger partial charge in [0.2, 0.25) is 0 Å². The number of carbonyl (C=O) groups is 1. The number of aryl methyl sites for hydroxylation is 2. The lowest BCUT2D eigenvalue weighted by Gasteiger charge is -2.18. The first kappa shape index (κ1) is 18.0. The summed E-state index contributed by atoms with van der Waals surface area (Å²) < 4.78 is 37.7. The first-order valence-corrected chi connectivity index (χ1v) is 9.55. The number of nitrogens with one attached hydrogen (secondary N) is 1. The average molecular weight is 373 g/mol. The highest BCUT2D eigenvalue weighted by Crippen LogP contribution is 2.31. The zero-order chi connectivity index (χ0) is 18.7. The quantitative estimate of drug-likeness (QED) is 0.833. The van der Waals surface area contributed by atoms with Gasteiger partial charge < -0.3 is 9.47 Å². The van der Waals surface area contributed by atoms with Crippen LogP contribution in [-0.4, -0.2) is 27.5 Å². The number of amides is 1. The molecule has 7 heteroatoms. The topological polar surface area (TPSA) is 81.7 Å². The van der Waals surface area contributed by atoms with Crippen LogP contribution in [0.15, 0.2) is 47.4 Å². The lowest BCUT2D eigenvalue weighted by atomic mass is 10.2. The Labute approximate surface area is 152 Å². The minimum absolute atomic E-state index is 0.0872. The highest BCUT2D eigenvalue weighted by atomic mass is 32.2. The summed E-state index contributed by atoms with van der Waals surface area (Å²) in [6, 6.07) is 10.2. The molecule has 1 aliphatic heterocycles. The summed E-state index contributed by atoms with van der Waals surface area (Å²) in [5.41, 5.74) is 2.24. The van der Waals surface area contributed by atoms with Crippen molar-refractivity contribution in [3.8, 4) is 11.5 Å². The van der Waals surface area contributed by atoms with Gasteiger partial charge in [0, 0.05) is 6.08 Å². The van der Waals surface area contributed by atoms with Crippen molar-refractivity contribution in [2.24, 2.45) is 0 Å².